The first-order valence-corrected chi connectivity index (χ1v) is 10.2. The molecule has 3 atom stereocenters. The van der Waals surface area contributed by atoms with Gasteiger partial charge in [0.05, 0.1) is 18.4 Å². The molecule has 0 unspecified atom stereocenters. The average Bonchev–Trinajstić information content (AvgIpc) is 2.95. The number of benzene rings is 1. The lowest BCUT2D eigenvalue weighted by Crippen LogP contribution is -2.38. The van der Waals surface area contributed by atoms with Gasteiger partial charge in [-0.25, -0.2) is 0 Å². The van der Waals surface area contributed by atoms with E-state index in [1.165, 1.54) is 0 Å². The number of rotatable bonds is 2. The topological polar surface area (TPSA) is 81.7 Å². The van der Waals surface area contributed by atoms with Gasteiger partial charge in [-0.3, -0.25) is 14.4 Å². The second kappa shape index (κ2) is 8.80. The third-order valence-corrected chi connectivity index (χ3v) is 5.06. The fourth-order valence-corrected chi connectivity index (χ4v) is 3.77. The zero-order valence-electron chi connectivity index (χ0n) is 17.3. The van der Waals surface area contributed by atoms with Crippen LogP contribution in [0.2, 0.25) is 0 Å². The van der Waals surface area contributed by atoms with Crippen molar-refractivity contribution in [2.75, 3.05) is 0 Å². The van der Waals surface area contributed by atoms with Crippen molar-refractivity contribution < 1.29 is 23.9 Å². The Kier molecular flexibility index (Phi) is 6.40. The molecule has 1 aromatic rings. The van der Waals surface area contributed by atoms with Crippen molar-refractivity contribution in [3.05, 3.63) is 47.5 Å². The highest BCUT2D eigenvalue weighted by molar-refractivity contribution is 5.81. The van der Waals surface area contributed by atoms with Crippen LogP contribution in [0.25, 0.3) is 0 Å². The van der Waals surface area contributed by atoms with Crippen LogP contribution in [0, 0.1) is 5.92 Å². The van der Waals surface area contributed by atoms with Gasteiger partial charge in [-0.1, -0.05) is 36.4 Å². The van der Waals surface area contributed by atoms with Crippen molar-refractivity contribution in [3.8, 4) is 0 Å². The van der Waals surface area contributed by atoms with E-state index in [4.69, 9.17) is 9.47 Å². The largest absolute Gasteiger partial charge is 0.460 e. The standard InChI is InChI=1S/C23H29NO5/c1-23(2,3)29-20(26)14-16-10-5-4-6-12-19(25)24-21-17-11-8-7-9-15(17)13-18(21)28-22(16)27/h4-5,7-9,11,16,18,21H,6,10,12-14H2,1-3H3,(H,24,25)/t16-,18-,21+/m0/s1. The summed E-state index contributed by atoms with van der Waals surface area (Å²) in [6, 6.07) is 7.43. The Balaban J connectivity index is 1.79. The number of fused-ring (bicyclic) bond motifs is 3. The molecule has 0 fully saturated rings. The number of ether oxygens (including phenoxy) is 2. The molecule has 156 valence electrons. The molecule has 1 aliphatic carbocycles. The summed E-state index contributed by atoms with van der Waals surface area (Å²) in [7, 11) is 0. The van der Waals surface area contributed by atoms with Crippen LogP contribution in [0.1, 0.15) is 63.6 Å². The number of esters is 2. The van der Waals surface area contributed by atoms with Gasteiger partial charge in [0.15, 0.2) is 0 Å². The lowest BCUT2D eigenvalue weighted by atomic mass is 10.00. The average molecular weight is 399 g/mol. The molecule has 1 heterocycles. The Morgan fingerprint density at radius 1 is 1.21 bits per heavy atom. The number of carbonyl (C=O) groups is 3. The minimum absolute atomic E-state index is 0.0306. The lowest BCUT2D eigenvalue weighted by Gasteiger charge is -2.25. The summed E-state index contributed by atoms with van der Waals surface area (Å²) >= 11 is 0. The zero-order chi connectivity index (χ0) is 21.0. The van der Waals surface area contributed by atoms with Gasteiger partial charge in [0, 0.05) is 12.8 Å². The van der Waals surface area contributed by atoms with Gasteiger partial charge in [0.2, 0.25) is 5.91 Å². The molecule has 1 aromatic carbocycles. The van der Waals surface area contributed by atoms with Crippen LogP contribution < -0.4 is 5.32 Å². The van der Waals surface area contributed by atoms with E-state index in [1.807, 2.05) is 36.4 Å². The molecule has 3 rings (SSSR count). The first-order valence-electron chi connectivity index (χ1n) is 10.2. The van der Waals surface area contributed by atoms with Crippen molar-refractivity contribution in [1.29, 1.82) is 0 Å². The second-order valence-corrected chi connectivity index (χ2v) is 8.66. The molecule has 2 aliphatic rings. The Labute approximate surface area is 171 Å². The Hall–Kier alpha value is -2.63. The summed E-state index contributed by atoms with van der Waals surface area (Å²) in [5, 5.41) is 3.02. The van der Waals surface area contributed by atoms with E-state index in [1.54, 1.807) is 20.8 Å². The van der Waals surface area contributed by atoms with Gasteiger partial charge in [-0.2, -0.15) is 0 Å². The molecular weight excluding hydrogens is 370 g/mol. The zero-order valence-corrected chi connectivity index (χ0v) is 17.3. The van der Waals surface area contributed by atoms with Crippen molar-refractivity contribution in [1.82, 2.24) is 5.32 Å². The molecule has 0 radical (unpaired) electrons. The molecule has 0 aromatic heterocycles. The molecule has 1 N–H and O–H groups in total. The number of carbonyl (C=O) groups excluding carboxylic acids is 3. The number of hydrogen-bond acceptors (Lipinski definition) is 5. The summed E-state index contributed by atoms with van der Waals surface area (Å²) in [5.74, 6) is -1.53. The number of allylic oxidation sites excluding steroid dienone is 2. The van der Waals surface area contributed by atoms with Crippen molar-refractivity contribution in [3.63, 3.8) is 0 Å². The minimum atomic E-state index is -0.611. The minimum Gasteiger partial charge on any atom is -0.460 e. The quantitative estimate of drug-likeness (QED) is 0.609. The Morgan fingerprint density at radius 3 is 2.72 bits per heavy atom. The third-order valence-electron chi connectivity index (χ3n) is 5.06. The van der Waals surface area contributed by atoms with Gasteiger partial charge in [-0.15, -0.1) is 0 Å². The van der Waals surface area contributed by atoms with Gasteiger partial charge in [0.1, 0.15) is 11.7 Å². The molecule has 1 amide bonds. The molecule has 0 spiro atoms. The van der Waals surface area contributed by atoms with E-state index >= 15 is 0 Å². The maximum absolute atomic E-state index is 12.9. The van der Waals surface area contributed by atoms with Gasteiger partial charge in [0.25, 0.3) is 0 Å². The van der Waals surface area contributed by atoms with E-state index in [2.05, 4.69) is 5.32 Å². The van der Waals surface area contributed by atoms with Gasteiger partial charge >= 0.3 is 11.9 Å². The van der Waals surface area contributed by atoms with E-state index < -0.39 is 29.6 Å². The van der Waals surface area contributed by atoms with Crippen LogP contribution in [-0.4, -0.2) is 29.6 Å². The summed E-state index contributed by atoms with van der Waals surface area (Å²) < 4.78 is 11.2. The van der Waals surface area contributed by atoms with E-state index in [0.29, 0.717) is 25.7 Å². The van der Waals surface area contributed by atoms with Gasteiger partial charge in [-0.05, 0) is 44.7 Å². The van der Waals surface area contributed by atoms with Crippen LogP contribution in [0.15, 0.2) is 36.4 Å². The molecule has 0 saturated carbocycles. The summed E-state index contributed by atoms with van der Waals surface area (Å²) in [5.41, 5.74) is 1.44. The van der Waals surface area contributed by atoms with E-state index in [9.17, 15) is 14.4 Å². The highest BCUT2D eigenvalue weighted by Gasteiger charge is 2.38. The lowest BCUT2D eigenvalue weighted by molar-refractivity contribution is -0.164. The maximum Gasteiger partial charge on any atom is 0.310 e. The molecule has 6 heteroatoms. The number of amides is 1. The Morgan fingerprint density at radius 2 is 1.97 bits per heavy atom. The summed E-state index contributed by atoms with van der Waals surface area (Å²) in [6.07, 6.45) is 5.07. The molecule has 0 bridgehead atoms. The van der Waals surface area contributed by atoms with Crippen LogP contribution in [0.3, 0.4) is 0 Å². The highest BCUT2D eigenvalue weighted by atomic mass is 16.6. The second-order valence-electron chi connectivity index (χ2n) is 8.66. The van der Waals surface area contributed by atoms with Crippen LogP contribution >= 0.6 is 0 Å². The van der Waals surface area contributed by atoms with Gasteiger partial charge < -0.3 is 14.8 Å². The fourth-order valence-electron chi connectivity index (χ4n) is 3.77. The highest BCUT2D eigenvalue weighted by Crippen LogP contribution is 2.34. The molecule has 1 aliphatic heterocycles. The molecular formula is C23H29NO5. The van der Waals surface area contributed by atoms with Crippen molar-refractivity contribution in [2.45, 2.75) is 70.6 Å². The van der Waals surface area contributed by atoms with Crippen LogP contribution in [0.5, 0.6) is 0 Å². The van der Waals surface area contributed by atoms with E-state index in [0.717, 1.165) is 11.1 Å². The van der Waals surface area contributed by atoms with Crippen LogP contribution in [0.4, 0.5) is 0 Å². The van der Waals surface area contributed by atoms with E-state index in [-0.39, 0.29) is 18.4 Å². The molecule has 29 heavy (non-hydrogen) atoms. The molecule has 6 nitrogen and oxygen atoms in total. The summed E-state index contributed by atoms with van der Waals surface area (Å²) in [4.78, 5) is 37.5. The van der Waals surface area contributed by atoms with Crippen LogP contribution in [-0.2, 0) is 30.3 Å². The monoisotopic (exact) mass is 399 g/mol. The fraction of sp³-hybridized carbons (Fsp3) is 0.522. The predicted octanol–water partition coefficient (Wildman–Crippen LogP) is 3.40. The maximum atomic E-state index is 12.9. The third kappa shape index (κ3) is 5.68. The van der Waals surface area contributed by atoms with Crippen molar-refractivity contribution in [2.24, 2.45) is 5.92 Å². The first-order chi connectivity index (χ1) is 13.7. The van der Waals surface area contributed by atoms with Crippen molar-refractivity contribution >= 4 is 17.8 Å². The predicted molar refractivity (Wildman–Crippen MR) is 108 cm³/mol. The molecule has 0 saturated heterocycles. The SMILES string of the molecule is CC(C)(C)OC(=O)C[C@@H]1CC=CCCC(=O)N[C@@H]2c3ccccc3C[C@@H]2OC1=O. The summed E-state index contributed by atoms with van der Waals surface area (Å²) in [6.45, 7) is 5.40. The Bertz CT molecular complexity index is 808. The number of hydrogen-bond donors (Lipinski definition) is 1. The normalized spacial score (nSPS) is 25.0. The number of nitrogens with one attached hydrogen (secondary N) is 1. The smallest absolute Gasteiger partial charge is 0.310 e. The first kappa shape index (κ1) is 21.1.